The van der Waals surface area contributed by atoms with E-state index in [-0.39, 0.29) is 5.84 Å². The number of rotatable bonds is 3. The predicted molar refractivity (Wildman–Crippen MR) is 82.5 cm³/mol. The normalized spacial score (nSPS) is 8.84. The highest BCUT2D eigenvalue weighted by Gasteiger charge is 1.92. The molecular formula is C16H17N3. The second-order valence-electron chi connectivity index (χ2n) is 3.74. The Morgan fingerprint density at radius 3 is 1.89 bits per heavy atom. The van der Waals surface area contributed by atoms with Crippen molar-refractivity contribution < 1.29 is 0 Å². The summed E-state index contributed by atoms with van der Waals surface area (Å²) in [6, 6.07) is 19.4. The molecule has 0 aliphatic carbocycles. The Kier molecular flexibility index (Phi) is 6.51. The van der Waals surface area contributed by atoms with E-state index in [4.69, 9.17) is 5.41 Å². The number of aliphatic imine (C=N–C) groups is 2. The Bertz CT molecular complexity index is 518. The number of hydrogen-bond acceptors (Lipinski definition) is 2. The molecule has 0 fully saturated rings. The molecule has 0 unspecified atom stereocenters. The second kappa shape index (κ2) is 8.53. The van der Waals surface area contributed by atoms with Gasteiger partial charge in [0.25, 0.3) is 0 Å². The van der Waals surface area contributed by atoms with Crippen molar-refractivity contribution in [3.63, 3.8) is 0 Å². The highest BCUT2D eigenvalue weighted by Crippen LogP contribution is 1.99. The molecule has 0 atom stereocenters. The lowest BCUT2D eigenvalue weighted by Gasteiger charge is -1.93. The zero-order valence-electron chi connectivity index (χ0n) is 10.8. The highest BCUT2D eigenvalue weighted by atomic mass is 14.8. The molecule has 0 amide bonds. The van der Waals surface area contributed by atoms with Crippen LogP contribution in [0.15, 0.2) is 70.6 Å². The van der Waals surface area contributed by atoms with Gasteiger partial charge in [0.1, 0.15) is 0 Å². The van der Waals surface area contributed by atoms with E-state index in [1.165, 1.54) is 5.56 Å². The third-order valence-electron chi connectivity index (χ3n) is 2.34. The highest BCUT2D eigenvalue weighted by molar-refractivity contribution is 5.98. The first kappa shape index (κ1) is 14.5. The first-order chi connectivity index (χ1) is 9.27. The van der Waals surface area contributed by atoms with Gasteiger partial charge in [0.15, 0.2) is 5.84 Å². The van der Waals surface area contributed by atoms with Gasteiger partial charge >= 0.3 is 0 Å². The molecule has 0 bridgehead atoms. The summed E-state index contributed by atoms with van der Waals surface area (Å²) in [6.07, 6.45) is 0. The zero-order valence-corrected chi connectivity index (χ0v) is 10.8. The second-order valence-corrected chi connectivity index (χ2v) is 3.74. The molecule has 0 aliphatic heterocycles. The van der Waals surface area contributed by atoms with Gasteiger partial charge in [-0.3, -0.25) is 10.4 Å². The van der Waals surface area contributed by atoms with Gasteiger partial charge in [-0.1, -0.05) is 60.7 Å². The van der Waals surface area contributed by atoms with E-state index in [0.29, 0.717) is 0 Å². The molecule has 96 valence electrons. The van der Waals surface area contributed by atoms with Crippen LogP contribution < -0.4 is 0 Å². The largest absolute Gasteiger partial charge is 0.296 e. The lowest BCUT2D eigenvalue weighted by molar-refractivity contribution is 1.08. The lowest BCUT2D eigenvalue weighted by atomic mass is 10.2. The number of amidine groups is 1. The molecule has 3 heteroatoms. The van der Waals surface area contributed by atoms with Crippen LogP contribution in [0.2, 0.25) is 0 Å². The van der Waals surface area contributed by atoms with Gasteiger partial charge in [-0.25, -0.2) is 4.99 Å². The van der Waals surface area contributed by atoms with E-state index in [1.54, 1.807) is 0 Å². The summed E-state index contributed by atoms with van der Waals surface area (Å²) < 4.78 is 0. The molecule has 1 N–H and O–H groups in total. The van der Waals surface area contributed by atoms with Crippen molar-refractivity contribution in [2.75, 3.05) is 0 Å². The van der Waals surface area contributed by atoms with Gasteiger partial charge in [-0.2, -0.15) is 0 Å². The maximum absolute atomic E-state index is 7.25. The first-order valence-corrected chi connectivity index (χ1v) is 5.85. The van der Waals surface area contributed by atoms with Crippen molar-refractivity contribution in [2.45, 2.75) is 6.54 Å². The Hall–Kier alpha value is -2.55. The third kappa shape index (κ3) is 5.55. The monoisotopic (exact) mass is 251 g/mol. The van der Waals surface area contributed by atoms with Crippen LogP contribution in [-0.2, 0) is 6.54 Å². The van der Waals surface area contributed by atoms with E-state index in [0.717, 1.165) is 12.1 Å². The van der Waals surface area contributed by atoms with Crippen molar-refractivity contribution in [3.8, 4) is 0 Å². The maximum atomic E-state index is 7.25. The Labute approximate surface area is 113 Å². The average Bonchev–Trinajstić information content (AvgIpc) is 2.49. The quantitative estimate of drug-likeness (QED) is 0.640. The molecule has 2 aromatic rings. The minimum atomic E-state index is 0.223. The van der Waals surface area contributed by atoms with Crippen LogP contribution in [0.1, 0.15) is 11.1 Å². The average molecular weight is 251 g/mol. The minimum Gasteiger partial charge on any atom is -0.296 e. The van der Waals surface area contributed by atoms with E-state index in [2.05, 4.69) is 23.4 Å². The van der Waals surface area contributed by atoms with Crippen LogP contribution in [0.3, 0.4) is 0 Å². The van der Waals surface area contributed by atoms with Gasteiger partial charge in [0.05, 0.1) is 6.54 Å². The van der Waals surface area contributed by atoms with Crippen molar-refractivity contribution >= 4 is 19.3 Å². The first-order valence-electron chi connectivity index (χ1n) is 5.85. The maximum Gasteiger partial charge on any atom is 0.151 e. The van der Waals surface area contributed by atoms with E-state index in [1.807, 2.05) is 60.7 Å². The van der Waals surface area contributed by atoms with Crippen LogP contribution in [0.25, 0.3) is 0 Å². The molecule has 0 spiro atoms. The van der Waals surface area contributed by atoms with E-state index in [9.17, 15) is 0 Å². The number of hydrogen-bond donors (Lipinski definition) is 1. The number of benzene rings is 2. The Balaban J connectivity index is 0.000000191. The molecule has 0 heterocycles. The molecule has 0 saturated carbocycles. The third-order valence-corrected chi connectivity index (χ3v) is 2.34. The van der Waals surface area contributed by atoms with Crippen molar-refractivity contribution in [3.05, 3.63) is 71.8 Å². The van der Waals surface area contributed by atoms with Gasteiger partial charge < -0.3 is 0 Å². The number of nitrogens with one attached hydrogen (secondary N) is 1. The Morgan fingerprint density at radius 2 is 1.42 bits per heavy atom. The van der Waals surface area contributed by atoms with Gasteiger partial charge in [-0.05, 0) is 19.0 Å². The summed E-state index contributed by atoms with van der Waals surface area (Å²) >= 11 is 0. The summed E-state index contributed by atoms with van der Waals surface area (Å²) in [7, 11) is 0. The van der Waals surface area contributed by atoms with Crippen LogP contribution in [0.5, 0.6) is 0 Å². The van der Waals surface area contributed by atoms with Crippen LogP contribution in [-0.4, -0.2) is 19.3 Å². The van der Waals surface area contributed by atoms with Crippen molar-refractivity contribution in [1.29, 1.82) is 5.41 Å². The van der Waals surface area contributed by atoms with Crippen LogP contribution in [0, 0.1) is 5.41 Å². The molecule has 0 saturated heterocycles. The van der Waals surface area contributed by atoms with Gasteiger partial charge in [-0.15, -0.1) is 0 Å². The lowest BCUT2D eigenvalue weighted by Crippen LogP contribution is -1.91. The fourth-order valence-electron chi connectivity index (χ4n) is 1.40. The molecule has 3 nitrogen and oxygen atoms in total. The summed E-state index contributed by atoms with van der Waals surface area (Å²) in [4.78, 5) is 7.25. The summed E-state index contributed by atoms with van der Waals surface area (Å²) in [6.45, 7) is 7.39. The summed E-state index contributed by atoms with van der Waals surface area (Å²) in [5, 5.41) is 7.25. The summed E-state index contributed by atoms with van der Waals surface area (Å²) in [5.74, 6) is 0.223. The van der Waals surface area contributed by atoms with Crippen molar-refractivity contribution in [2.24, 2.45) is 9.98 Å². The zero-order chi connectivity index (χ0) is 13.9. The predicted octanol–water partition coefficient (Wildman–Crippen LogP) is 3.60. The molecule has 0 aromatic heterocycles. The molecule has 2 rings (SSSR count). The van der Waals surface area contributed by atoms with Crippen LogP contribution >= 0.6 is 0 Å². The van der Waals surface area contributed by atoms with Crippen LogP contribution in [0.4, 0.5) is 0 Å². The van der Waals surface area contributed by atoms with Gasteiger partial charge in [0.2, 0.25) is 0 Å². The number of nitrogens with zero attached hydrogens (tertiary/aromatic N) is 2. The SMILES string of the molecule is C=NC(=N)c1ccccc1.C=NCc1ccccc1. The summed E-state index contributed by atoms with van der Waals surface area (Å²) in [5.41, 5.74) is 2.02. The smallest absolute Gasteiger partial charge is 0.151 e. The fraction of sp³-hybridized carbons (Fsp3) is 0.0625. The molecular weight excluding hydrogens is 234 g/mol. The molecule has 0 radical (unpaired) electrons. The topological polar surface area (TPSA) is 48.6 Å². The minimum absolute atomic E-state index is 0.223. The standard InChI is InChI=1S/C8H8N2.C8H9N/c1-10-8(9)7-5-3-2-4-6-7;1-9-7-8-5-3-2-4-6-8/h2-6,9H,1H2;2-6H,1,7H2. The molecule has 0 aliphatic rings. The van der Waals surface area contributed by atoms with Crippen molar-refractivity contribution in [1.82, 2.24) is 0 Å². The van der Waals surface area contributed by atoms with Gasteiger partial charge in [0, 0.05) is 5.56 Å². The molecule has 19 heavy (non-hydrogen) atoms. The fourth-order valence-corrected chi connectivity index (χ4v) is 1.40. The van der Waals surface area contributed by atoms with E-state index < -0.39 is 0 Å². The Morgan fingerprint density at radius 1 is 0.895 bits per heavy atom. The molecule has 2 aromatic carbocycles. The van der Waals surface area contributed by atoms with E-state index >= 15 is 0 Å².